The van der Waals surface area contributed by atoms with E-state index >= 15 is 0 Å². The highest BCUT2D eigenvalue weighted by atomic mass is 32.2. The lowest BCUT2D eigenvalue weighted by atomic mass is 10.1. The van der Waals surface area contributed by atoms with Crippen molar-refractivity contribution in [1.82, 2.24) is 9.62 Å². The van der Waals surface area contributed by atoms with Crippen LogP contribution in [0.25, 0.3) is 0 Å². The number of hydrogen-bond acceptors (Lipinski definition) is 5. The van der Waals surface area contributed by atoms with Gasteiger partial charge in [-0.1, -0.05) is 6.92 Å². The van der Waals surface area contributed by atoms with E-state index in [1.165, 1.54) is 26.2 Å². The number of furan rings is 1. The summed E-state index contributed by atoms with van der Waals surface area (Å²) in [6.07, 6.45) is 1.10. The van der Waals surface area contributed by atoms with Gasteiger partial charge < -0.3 is 14.8 Å². The van der Waals surface area contributed by atoms with Gasteiger partial charge in [-0.2, -0.15) is 0 Å². The Morgan fingerprint density at radius 3 is 2.60 bits per heavy atom. The molecule has 8 heteroatoms. The number of aliphatic hydroxyl groups is 1. The number of carbonyl (C=O) groups excluding carboxylic acids is 1. The van der Waals surface area contributed by atoms with Gasteiger partial charge in [-0.3, -0.25) is 4.79 Å². The Bertz CT molecular complexity index is 550. The molecule has 1 amide bonds. The molecule has 0 saturated heterocycles. The second kappa shape index (κ2) is 6.87. The number of rotatable bonds is 7. The number of nitrogens with one attached hydrogen (secondary N) is 1. The monoisotopic (exact) mass is 304 g/mol. The van der Waals surface area contributed by atoms with Gasteiger partial charge in [0, 0.05) is 26.7 Å². The van der Waals surface area contributed by atoms with Crippen LogP contribution in [0.2, 0.25) is 0 Å². The third kappa shape index (κ3) is 3.81. The second-order valence-corrected chi connectivity index (χ2v) is 6.58. The van der Waals surface area contributed by atoms with Gasteiger partial charge in [0.25, 0.3) is 15.9 Å². The second-order valence-electron chi connectivity index (χ2n) is 4.50. The smallest absolute Gasteiger partial charge is 0.287 e. The van der Waals surface area contributed by atoms with E-state index in [1.807, 2.05) is 6.92 Å². The first-order chi connectivity index (χ1) is 9.32. The van der Waals surface area contributed by atoms with E-state index in [2.05, 4.69) is 5.32 Å². The highest BCUT2D eigenvalue weighted by molar-refractivity contribution is 7.88. The maximum Gasteiger partial charge on any atom is 0.287 e. The molecule has 114 valence electrons. The van der Waals surface area contributed by atoms with E-state index in [4.69, 9.17) is 9.52 Å². The minimum Gasteiger partial charge on any atom is -0.438 e. The zero-order valence-corrected chi connectivity index (χ0v) is 12.6. The molecule has 7 nitrogen and oxygen atoms in total. The van der Waals surface area contributed by atoms with E-state index in [9.17, 15) is 13.2 Å². The number of amides is 1. The van der Waals surface area contributed by atoms with E-state index in [0.29, 0.717) is 12.8 Å². The van der Waals surface area contributed by atoms with Crippen LogP contribution >= 0.6 is 0 Å². The molecule has 0 bridgehead atoms. The summed E-state index contributed by atoms with van der Waals surface area (Å²) < 4.78 is 29.7. The van der Waals surface area contributed by atoms with Crippen LogP contribution in [0.5, 0.6) is 0 Å². The van der Waals surface area contributed by atoms with Crippen LogP contribution in [-0.2, 0) is 10.0 Å². The van der Waals surface area contributed by atoms with Gasteiger partial charge >= 0.3 is 0 Å². The molecule has 0 fully saturated rings. The van der Waals surface area contributed by atoms with Crippen molar-refractivity contribution in [3.63, 3.8) is 0 Å². The van der Waals surface area contributed by atoms with Crippen molar-refractivity contribution in [2.75, 3.05) is 20.7 Å². The molecule has 1 aromatic rings. The molecule has 0 aromatic carbocycles. The first kappa shape index (κ1) is 16.7. The lowest BCUT2D eigenvalue weighted by Crippen LogP contribution is -2.34. The van der Waals surface area contributed by atoms with Crippen molar-refractivity contribution in [2.45, 2.75) is 30.9 Å². The normalized spacial score (nSPS) is 13.4. The Labute approximate surface area is 118 Å². The van der Waals surface area contributed by atoms with Gasteiger partial charge in [0.1, 0.15) is 0 Å². The van der Waals surface area contributed by atoms with E-state index in [-0.39, 0.29) is 23.5 Å². The fraction of sp³-hybridized carbons (Fsp3) is 0.583. The van der Waals surface area contributed by atoms with Crippen LogP contribution in [-0.4, -0.2) is 50.5 Å². The molecular weight excluding hydrogens is 284 g/mol. The van der Waals surface area contributed by atoms with Crippen LogP contribution in [0.15, 0.2) is 21.6 Å². The summed E-state index contributed by atoms with van der Waals surface area (Å²) in [5, 5.41) is 11.3. The third-order valence-corrected chi connectivity index (χ3v) is 4.53. The molecule has 0 spiro atoms. The Morgan fingerprint density at radius 2 is 2.10 bits per heavy atom. The summed E-state index contributed by atoms with van der Waals surface area (Å²) in [5.41, 5.74) is 0. The summed E-state index contributed by atoms with van der Waals surface area (Å²) in [6, 6.07) is 2.39. The van der Waals surface area contributed by atoms with Gasteiger partial charge in [0.2, 0.25) is 5.09 Å². The highest BCUT2D eigenvalue weighted by Gasteiger charge is 2.24. The summed E-state index contributed by atoms with van der Waals surface area (Å²) >= 11 is 0. The number of nitrogens with zero attached hydrogens (tertiary/aromatic N) is 1. The summed E-state index contributed by atoms with van der Waals surface area (Å²) in [4.78, 5) is 11.9. The Morgan fingerprint density at radius 1 is 1.45 bits per heavy atom. The quantitative estimate of drug-likeness (QED) is 0.760. The minimum atomic E-state index is -3.69. The average Bonchev–Trinajstić information content (AvgIpc) is 2.88. The summed E-state index contributed by atoms with van der Waals surface area (Å²) in [7, 11) is -0.925. The molecule has 2 N–H and O–H groups in total. The van der Waals surface area contributed by atoms with Crippen molar-refractivity contribution in [2.24, 2.45) is 0 Å². The largest absolute Gasteiger partial charge is 0.438 e. The van der Waals surface area contributed by atoms with Gasteiger partial charge in [0.15, 0.2) is 5.76 Å². The first-order valence-electron chi connectivity index (χ1n) is 6.27. The topological polar surface area (TPSA) is 99.8 Å². The van der Waals surface area contributed by atoms with Gasteiger partial charge in [-0.15, -0.1) is 0 Å². The number of carbonyl (C=O) groups is 1. The molecule has 1 heterocycles. The zero-order valence-electron chi connectivity index (χ0n) is 11.8. The highest BCUT2D eigenvalue weighted by Crippen LogP contribution is 2.17. The van der Waals surface area contributed by atoms with Gasteiger partial charge in [-0.05, 0) is 25.0 Å². The van der Waals surface area contributed by atoms with E-state index in [1.54, 1.807) is 0 Å². The molecular formula is C12H20N2O5S. The van der Waals surface area contributed by atoms with E-state index < -0.39 is 15.9 Å². The zero-order chi connectivity index (χ0) is 15.3. The molecule has 1 rings (SSSR count). The third-order valence-electron chi connectivity index (χ3n) is 2.85. The van der Waals surface area contributed by atoms with Crippen LogP contribution in [0.3, 0.4) is 0 Å². The Balaban J connectivity index is 2.84. The molecule has 0 aliphatic heterocycles. The molecule has 1 aromatic heterocycles. The average molecular weight is 304 g/mol. The molecule has 0 aliphatic carbocycles. The fourth-order valence-electron chi connectivity index (χ4n) is 1.55. The summed E-state index contributed by atoms with van der Waals surface area (Å²) in [6.45, 7) is 1.85. The molecule has 1 atom stereocenters. The first-order valence-corrected chi connectivity index (χ1v) is 7.71. The van der Waals surface area contributed by atoms with Crippen molar-refractivity contribution in [3.8, 4) is 0 Å². The standard InChI is InChI=1S/C12H20N2O5S/c1-4-9(7-8-15)13-12(16)10-5-6-11(19-10)20(17,18)14(2)3/h5-6,9,15H,4,7-8H2,1-3H3,(H,13,16). The van der Waals surface area contributed by atoms with Crippen LogP contribution in [0, 0.1) is 0 Å². The number of hydrogen-bond donors (Lipinski definition) is 2. The van der Waals surface area contributed by atoms with Crippen molar-refractivity contribution in [1.29, 1.82) is 0 Å². The lowest BCUT2D eigenvalue weighted by molar-refractivity contribution is 0.0895. The predicted octanol–water partition coefficient (Wildman–Crippen LogP) is 0.421. The van der Waals surface area contributed by atoms with Crippen molar-refractivity contribution in [3.05, 3.63) is 17.9 Å². The van der Waals surface area contributed by atoms with Crippen molar-refractivity contribution < 1.29 is 22.7 Å². The fourth-order valence-corrected chi connectivity index (χ4v) is 2.35. The van der Waals surface area contributed by atoms with Gasteiger partial charge in [-0.25, -0.2) is 12.7 Å². The molecule has 0 saturated carbocycles. The Hall–Kier alpha value is -1.38. The number of aliphatic hydroxyl groups excluding tert-OH is 1. The number of sulfonamides is 1. The maximum absolute atomic E-state index is 11.9. The molecule has 0 radical (unpaired) electrons. The Kier molecular flexibility index (Phi) is 5.73. The van der Waals surface area contributed by atoms with Crippen molar-refractivity contribution >= 4 is 15.9 Å². The SMILES string of the molecule is CCC(CCO)NC(=O)c1ccc(S(=O)(=O)N(C)C)o1. The summed E-state index contributed by atoms with van der Waals surface area (Å²) in [5.74, 6) is -0.563. The van der Waals surface area contributed by atoms with Crippen LogP contribution in [0.1, 0.15) is 30.3 Å². The predicted molar refractivity (Wildman–Crippen MR) is 72.8 cm³/mol. The lowest BCUT2D eigenvalue weighted by Gasteiger charge is -2.14. The van der Waals surface area contributed by atoms with Crippen LogP contribution < -0.4 is 5.32 Å². The molecule has 1 unspecified atom stereocenters. The minimum absolute atomic E-state index is 0.0306. The van der Waals surface area contributed by atoms with E-state index in [0.717, 1.165) is 4.31 Å². The van der Waals surface area contributed by atoms with Crippen LogP contribution in [0.4, 0.5) is 0 Å². The van der Waals surface area contributed by atoms with Gasteiger partial charge in [0.05, 0.1) is 0 Å². The molecule has 0 aliphatic rings. The molecule has 20 heavy (non-hydrogen) atoms. The maximum atomic E-state index is 11.9.